The normalized spacial score (nSPS) is 34.5. The van der Waals surface area contributed by atoms with Crippen LogP contribution in [0.4, 0.5) is 11.5 Å². The van der Waals surface area contributed by atoms with E-state index >= 15 is 0 Å². The third kappa shape index (κ3) is 1.87. The maximum atomic E-state index is 5.92. The number of hydrogen-bond donors (Lipinski definition) is 2. The van der Waals surface area contributed by atoms with Gasteiger partial charge in [-0.15, -0.1) is 0 Å². The first kappa shape index (κ1) is 14.2. The van der Waals surface area contributed by atoms with Crippen molar-refractivity contribution in [3.05, 3.63) is 16.2 Å². The SMILES string of the molecule is Cc1c(N)cnc(NC2C3(C)CCC(C3)C2(C)C)c1Br. The number of aromatic nitrogens is 1. The molecule has 3 unspecified atom stereocenters. The van der Waals surface area contributed by atoms with Crippen molar-refractivity contribution >= 4 is 27.4 Å². The Morgan fingerprint density at radius 1 is 1.40 bits per heavy atom. The lowest BCUT2D eigenvalue weighted by Crippen LogP contribution is -2.46. The van der Waals surface area contributed by atoms with Gasteiger partial charge < -0.3 is 11.1 Å². The van der Waals surface area contributed by atoms with Crippen LogP contribution >= 0.6 is 15.9 Å². The van der Waals surface area contributed by atoms with Gasteiger partial charge in [-0.05, 0) is 64.4 Å². The summed E-state index contributed by atoms with van der Waals surface area (Å²) in [7, 11) is 0. The van der Waals surface area contributed by atoms with Gasteiger partial charge in [-0.3, -0.25) is 0 Å². The minimum absolute atomic E-state index is 0.323. The minimum atomic E-state index is 0.323. The lowest BCUT2D eigenvalue weighted by Gasteiger charge is -2.43. The van der Waals surface area contributed by atoms with E-state index < -0.39 is 0 Å². The largest absolute Gasteiger partial charge is 0.397 e. The molecular formula is C16H24BrN3. The Morgan fingerprint density at radius 2 is 2.10 bits per heavy atom. The van der Waals surface area contributed by atoms with E-state index in [-0.39, 0.29) is 0 Å². The molecule has 0 aromatic carbocycles. The van der Waals surface area contributed by atoms with E-state index in [1.54, 1.807) is 6.20 Å². The minimum Gasteiger partial charge on any atom is -0.397 e. The van der Waals surface area contributed by atoms with Crippen LogP contribution in [0.1, 0.15) is 45.6 Å². The molecule has 2 fully saturated rings. The molecule has 110 valence electrons. The maximum Gasteiger partial charge on any atom is 0.140 e. The van der Waals surface area contributed by atoms with Gasteiger partial charge in [0.15, 0.2) is 0 Å². The van der Waals surface area contributed by atoms with E-state index in [1.807, 2.05) is 6.92 Å². The molecule has 1 aromatic rings. The summed E-state index contributed by atoms with van der Waals surface area (Å²) in [5.74, 6) is 1.77. The van der Waals surface area contributed by atoms with E-state index in [1.165, 1.54) is 19.3 Å². The number of nitrogens with zero attached hydrogens (tertiary/aromatic N) is 1. The second kappa shape index (κ2) is 4.36. The summed E-state index contributed by atoms with van der Waals surface area (Å²) in [6, 6.07) is 0.473. The molecule has 4 heteroatoms. The molecule has 2 bridgehead atoms. The molecule has 3 nitrogen and oxygen atoms in total. The van der Waals surface area contributed by atoms with Crippen LogP contribution in [0.5, 0.6) is 0 Å². The monoisotopic (exact) mass is 337 g/mol. The second-order valence-corrected chi connectivity index (χ2v) is 8.29. The van der Waals surface area contributed by atoms with Gasteiger partial charge in [0.1, 0.15) is 5.82 Å². The van der Waals surface area contributed by atoms with Gasteiger partial charge in [-0.1, -0.05) is 20.8 Å². The Bertz CT molecular complexity index is 550. The number of nitrogen functional groups attached to an aromatic ring is 1. The number of fused-ring (bicyclic) bond motifs is 2. The molecule has 3 rings (SSSR count). The topological polar surface area (TPSA) is 50.9 Å². The van der Waals surface area contributed by atoms with Crippen molar-refractivity contribution in [1.29, 1.82) is 0 Å². The number of nitrogens with two attached hydrogens (primary N) is 1. The summed E-state index contributed by atoms with van der Waals surface area (Å²) in [6.07, 6.45) is 5.79. The zero-order valence-corrected chi connectivity index (χ0v) is 14.3. The summed E-state index contributed by atoms with van der Waals surface area (Å²) in [5.41, 5.74) is 8.43. The maximum absolute atomic E-state index is 5.92. The molecule has 0 radical (unpaired) electrons. The van der Waals surface area contributed by atoms with Crippen molar-refractivity contribution in [2.75, 3.05) is 11.1 Å². The van der Waals surface area contributed by atoms with Crippen molar-refractivity contribution in [1.82, 2.24) is 4.98 Å². The molecule has 0 spiro atoms. The average Bonchev–Trinajstić information content (AvgIpc) is 2.85. The van der Waals surface area contributed by atoms with E-state index in [2.05, 4.69) is 47.0 Å². The molecule has 0 amide bonds. The van der Waals surface area contributed by atoms with Crippen LogP contribution in [-0.2, 0) is 0 Å². The Labute approximate surface area is 129 Å². The fraction of sp³-hybridized carbons (Fsp3) is 0.688. The molecule has 20 heavy (non-hydrogen) atoms. The molecule has 1 aromatic heterocycles. The van der Waals surface area contributed by atoms with Gasteiger partial charge in [0.2, 0.25) is 0 Å². The van der Waals surface area contributed by atoms with Crippen molar-refractivity contribution < 1.29 is 0 Å². The number of nitrogens with one attached hydrogen (secondary N) is 1. The second-order valence-electron chi connectivity index (χ2n) is 7.49. The Morgan fingerprint density at radius 3 is 2.70 bits per heavy atom. The fourth-order valence-corrected chi connectivity index (χ4v) is 4.94. The zero-order valence-electron chi connectivity index (χ0n) is 12.8. The molecule has 3 N–H and O–H groups in total. The molecule has 2 aliphatic rings. The van der Waals surface area contributed by atoms with Crippen molar-refractivity contribution in [2.45, 2.75) is 53.0 Å². The summed E-state index contributed by atoms with van der Waals surface area (Å²) in [6.45, 7) is 9.26. The zero-order chi connectivity index (χ0) is 14.7. The van der Waals surface area contributed by atoms with Gasteiger partial charge in [-0.2, -0.15) is 0 Å². The summed E-state index contributed by atoms with van der Waals surface area (Å²) in [5, 5.41) is 3.73. The van der Waals surface area contributed by atoms with E-state index in [0.717, 1.165) is 27.5 Å². The van der Waals surface area contributed by atoms with Crippen LogP contribution in [0.25, 0.3) is 0 Å². The Hall–Kier alpha value is -0.770. The average molecular weight is 338 g/mol. The predicted octanol–water partition coefficient (Wildman–Crippen LogP) is 4.36. The summed E-state index contributed by atoms with van der Waals surface area (Å²) in [4.78, 5) is 4.50. The van der Waals surface area contributed by atoms with E-state index in [0.29, 0.717) is 16.9 Å². The molecule has 0 saturated heterocycles. The van der Waals surface area contributed by atoms with Gasteiger partial charge in [0, 0.05) is 6.04 Å². The highest BCUT2D eigenvalue weighted by Crippen LogP contribution is 2.63. The highest BCUT2D eigenvalue weighted by molar-refractivity contribution is 9.10. The Balaban J connectivity index is 1.94. The van der Waals surface area contributed by atoms with Crippen molar-refractivity contribution in [3.63, 3.8) is 0 Å². The third-order valence-electron chi connectivity index (χ3n) is 5.85. The molecule has 1 heterocycles. The number of hydrogen-bond acceptors (Lipinski definition) is 3. The highest BCUT2D eigenvalue weighted by Gasteiger charge is 2.59. The van der Waals surface area contributed by atoms with Gasteiger partial charge in [0.25, 0.3) is 0 Å². The van der Waals surface area contributed by atoms with Crippen LogP contribution in [0, 0.1) is 23.7 Å². The van der Waals surface area contributed by atoms with Gasteiger partial charge in [-0.25, -0.2) is 4.98 Å². The molecule has 0 aliphatic heterocycles. The van der Waals surface area contributed by atoms with E-state index in [9.17, 15) is 0 Å². The van der Waals surface area contributed by atoms with Gasteiger partial charge >= 0.3 is 0 Å². The predicted molar refractivity (Wildman–Crippen MR) is 87.7 cm³/mol. The lowest BCUT2D eigenvalue weighted by atomic mass is 9.68. The van der Waals surface area contributed by atoms with E-state index in [4.69, 9.17) is 5.73 Å². The van der Waals surface area contributed by atoms with Crippen LogP contribution in [0.3, 0.4) is 0 Å². The summed E-state index contributed by atoms with van der Waals surface area (Å²) >= 11 is 3.64. The fourth-order valence-electron chi connectivity index (χ4n) is 4.49. The highest BCUT2D eigenvalue weighted by atomic mass is 79.9. The number of pyridine rings is 1. The summed E-state index contributed by atoms with van der Waals surface area (Å²) < 4.78 is 1.000. The molecule has 2 aliphatic carbocycles. The molecule has 3 atom stereocenters. The lowest BCUT2D eigenvalue weighted by molar-refractivity contribution is 0.155. The van der Waals surface area contributed by atoms with Crippen molar-refractivity contribution in [3.8, 4) is 0 Å². The number of halogens is 1. The smallest absolute Gasteiger partial charge is 0.140 e. The third-order valence-corrected chi connectivity index (χ3v) is 6.82. The van der Waals surface area contributed by atoms with Crippen LogP contribution in [0.2, 0.25) is 0 Å². The van der Waals surface area contributed by atoms with Crippen LogP contribution < -0.4 is 11.1 Å². The first-order chi connectivity index (χ1) is 9.25. The number of anilines is 2. The first-order valence-electron chi connectivity index (χ1n) is 7.43. The van der Waals surface area contributed by atoms with Crippen molar-refractivity contribution in [2.24, 2.45) is 16.7 Å². The quantitative estimate of drug-likeness (QED) is 0.842. The molecular weight excluding hydrogens is 314 g/mol. The van der Waals surface area contributed by atoms with Crippen LogP contribution in [0.15, 0.2) is 10.7 Å². The standard InChI is InChI=1S/C16H24BrN3/c1-9-11(18)8-19-13(12(9)17)20-14-15(2,3)10-5-6-16(14,4)7-10/h8,10,14H,5-7,18H2,1-4H3,(H,19,20). The van der Waals surface area contributed by atoms with Gasteiger partial charge in [0.05, 0.1) is 16.4 Å². The number of rotatable bonds is 2. The first-order valence-corrected chi connectivity index (χ1v) is 8.22. The van der Waals surface area contributed by atoms with Crippen LogP contribution in [-0.4, -0.2) is 11.0 Å². The molecule has 2 saturated carbocycles. The Kier molecular flexibility index (Phi) is 3.09.